The van der Waals surface area contributed by atoms with E-state index < -0.39 is 17.5 Å². The average Bonchev–Trinajstić information content (AvgIpc) is 3.61. The highest BCUT2D eigenvalue weighted by Gasteiger charge is 2.44. The molecule has 1 saturated heterocycles. The summed E-state index contributed by atoms with van der Waals surface area (Å²) in [6.07, 6.45) is 5.84. The van der Waals surface area contributed by atoms with Crippen molar-refractivity contribution in [3.63, 3.8) is 0 Å². The first-order valence-corrected chi connectivity index (χ1v) is 16.2. The zero-order valence-corrected chi connectivity index (χ0v) is 26.1. The van der Waals surface area contributed by atoms with Gasteiger partial charge in [-0.1, -0.05) is 30.7 Å². The smallest absolute Gasteiger partial charge is 0.306 e. The number of rotatable bonds is 6. The average molecular weight is 613 g/mol. The van der Waals surface area contributed by atoms with Gasteiger partial charge in [0, 0.05) is 43.0 Å². The lowest BCUT2D eigenvalue weighted by Gasteiger charge is -2.35. The van der Waals surface area contributed by atoms with Crippen molar-refractivity contribution in [3.8, 4) is 0 Å². The number of aliphatic carboxylic acids is 1. The zero-order chi connectivity index (χ0) is 30.6. The van der Waals surface area contributed by atoms with Crippen LogP contribution in [0.2, 0.25) is 5.02 Å². The second kappa shape index (κ2) is 11.6. The van der Waals surface area contributed by atoms with E-state index in [2.05, 4.69) is 11.8 Å². The van der Waals surface area contributed by atoms with Crippen molar-refractivity contribution in [1.29, 1.82) is 0 Å². The number of fused-ring (bicyclic) bond motifs is 1. The SMILES string of the molecule is CC1CC(C(=O)O)CCC1c1nn(C(=O)c2c(Cl)cccc2C2(F)CCC2)c2c1CCC(C(=O)N1CC[C@@H](N(C)C)C1)C2. The normalized spacial score (nSPS) is 28.4. The van der Waals surface area contributed by atoms with Crippen LogP contribution in [-0.2, 0) is 28.1 Å². The number of carboxylic acid groups (broad SMARTS) is 1. The topological polar surface area (TPSA) is 95.7 Å². The van der Waals surface area contributed by atoms with Crippen LogP contribution in [0.1, 0.15) is 97.1 Å². The molecule has 10 heteroatoms. The second-order valence-electron chi connectivity index (χ2n) is 13.6. The van der Waals surface area contributed by atoms with Gasteiger partial charge in [0.1, 0.15) is 5.67 Å². The Morgan fingerprint density at radius 2 is 1.88 bits per heavy atom. The van der Waals surface area contributed by atoms with Crippen molar-refractivity contribution >= 4 is 29.4 Å². The fourth-order valence-electron chi connectivity index (χ4n) is 7.94. The summed E-state index contributed by atoms with van der Waals surface area (Å²) < 4.78 is 17.2. The molecule has 8 nitrogen and oxygen atoms in total. The van der Waals surface area contributed by atoms with Gasteiger partial charge in [0.25, 0.3) is 5.91 Å². The van der Waals surface area contributed by atoms with E-state index >= 15 is 4.39 Å². The van der Waals surface area contributed by atoms with Gasteiger partial charge in [0.15, 0.2) is 0 Å². The van der Waals surface area contributed by atoms with E-state index in [-0.39, 0.29) is 40.2 Å². The molecule has 0 bridgehead atoms. The number of carboxylic acids is 1. The highest BCUT2D eigenvalue weighted by molar-refractivity contribution is 6.34. The molecule has 2 aromatic rings. The van der Waals surface area contributed by atoms with Gasteiger partial charge in [-0.15, -0.1) is 0 Å². The molecule has 2 saturated carbocycles. The predicted molar refractivity (Wildman–Crippen MR) is 161 cm³/mol. The molecule has 43 heavy (non-hydrogen) atoms. The Bertz CT molecular complexity index is 1440. The highest BCUT2D eigenvalue weighted by Crippen LogP contribution is 2.48. The largest absolute Gasteiger partial charge is 0.481 e. The third-order valence-electron chi connectivity index (χ3n) is 10.8. The summed E-state index contributed by atoms with van der Waals surface area (Å²) in [6.45, 7) is 3.48. The molecule has 6 rings (SSSR count). The molecular weight excluding hydrogens is 571 g/mol. The summed E-state index contributed by atoms with van der Waals surface area (Å²) in [4.78, 5) is 44.0. The quantitative estimate of drug-likeness (QED) is 0.466. The molecule has 4 aliphatic rings. The van der Waals surface area contributed by atoms with Gasteiger partial charge in [-0.2, -0.15) is 5.10 Å². The molecule has 2 heterocycles. The number of carbonyl (C=O) groups excluding carboxylic acids is 2. The van der Waals surface area contributed by atoms with Crippen molar-refractivity contribution in [3.05, 3.63) is 51.3 Å². The van der Waals surface area contributed by atoms with E-state index in [0.29, 0.717) is 75.2 Å². The van der Waals surface area contributed by atoms with E-state index in [1.165, 1.54) is 4.68 Å². The number of likely N-dealkylation sites (tertiary alicyclic amines) is 1. The van der Waals surface area contributed by atoms with Gasteiger partial charge in [-0.3, -0.25) is 14.4 Å². The van der Waals surface area contributed by atoms with E-state index in [1.807, 2.05) is 19.0 Å². The van der Waals surface area contributed by atoms with Gasteiger partial charge in [0.05, 0.1) is 27.9 Å². The van der Waals surface area contributed by atoms with Crippen molar-refractivity contribution < 1.29 is 23.9 Å². The maximum atomic E-state index is 15.8. The third kappa shape index (κ3) is 5.41. The molecule has 5 atom stereocenters. The molecule has 3 aliphatic carbocycles. The molecule has 1 aliphatic heterocycles. The summed E-state index contributed by atoms with van der Waals surface area (Å²) in [5.74, 6) is -1.68. The van der Waals surface area contributed by atoms with Crippen LogP contribution in [0.15, 0.2) is 18.2 Å². The first-order valence-electron chi connectivity index (χ1n) is 15.8. The zero-order valence-electron chi connectivity index (χ0n) is 25.3. The van der Waals surface area contributed by atoms with Gasteiger partial charge in [0.2, 0.25) is 5.91 Å². The molecule has 1 amide bonds. The summed E-state index contributed by atoms with van der Waals surface area (Å²) in [5, 5.41) is 14.8. The minimum absolute atomic E-state index is 0.00921. The third-order valence-corrected chi connectivity index (χ3v) is 11.1. The Labute approximate surface area is 257 Å². The van der Waals surface area contributed by atoms with Crippen LogP contribution in [0.4, 0.5) is 4.39 Å². The van der Waals surface area contributed by atoms with E-state index in [1.54, 1.807) is 18.2 Å². The number of carbonyl (C=O) groups is 3. The number of hydrogen-bond donors (Lipinski definition) is 1. The number of alkyl halides is 1. The van der Waals surface area contributed by atoms with Crippen LogP contribution in [0.3, 0.4) is 0 Å². The van der Waals surface area contributed by atoms with Crippen LogP contribution in [0.25, 0.3) is 0 Å². The molecule has 1 N–H and O–H groups in total. The Hall–Kier alpha value is -2.78. The minimum Gasteiger partial charge on any atom is -0.481 e. The lowest BCUT2D eigenvalue weighted by Crippen LogP contribution is -2.40. The number of hydrogen-bond acceptors (Lipinski definition) is 5. The van der Waals surface area contributed by atoms with E-state index in [0.717, 1.165) is 30.6 Å². The van der Waals surface area contributed by atoms with Crippen molar-refractivity contribution in [2.75, 3.05) is 27.2 Å². The first-order chi connectivity index (χ1) is 20.5. The predicted octanol–water partition coefficient (Wildman–Crippen LogP) is 5.45. The fraction of sp³-hybridized carbons (Fsp3) is 0.636. The van der Waals surface area contributed by atoms with Crippen molar-refractivity contribution in [2.45, 2.75) is 88.8 Å². The monoisotopic (exact) mass is 612 g/mol. The van der Waals surface area contributed by atoms with Crippen molar-refractivity contribution in [2.24, 2.45) is 17.8 Å². The molecule has 232 valence electrons. The maximum absolute atomic E-state index is 15.8. The van der Waals surface area contributed by atoms with Crippen LogP contribution in [0.5, 0.6) is 0 Å². The number of amides is 1. The Kier molecular flexibility index (Phi) is 8.18. The maximum Gasteiger partial charge on any atom is 0.306 e. The van der Waals surface area contributed by atoms with Crippen molar-refractivity contribution in [1.82, 2.24) is 19.6 Å². The van der Waals surface area contributed by atoms with Gasteiger partial charge >= 0.3 is 5.97 Å². The minimum atomic E-state index is -1.59. The summed E-state index contributed by atoms with van der Waals surface area (Å²) in [6, 6.07) is 5.30. The molecular formula is C33H42ClFN4O4. The fourth-order valence-corrected chi connectivity index (χ4v) is 8.20. The Morgan fingerprint density at radius 3 is 2.51 bits per heavy atom. The van der Waals surface area contributed by atoms with Gasteiger partial charge in [-0.05, 0) is 89.4 Å². The summed E-state index contributed by atoms with van der Waals surface area (Å²) in [7, 11) is 4.08. The molecule has 1 aromatic heterocycles. The summed E-state index contributed by atoms with van der Waals surface area (Å²) in [5.41, 5.74) is 1.40. The van der Waals surface area contributed by atoms with E-state index in [4.69, 9.17) is 16.7 Å². The standard InChI is InChI=1S/C33H42ClFN4O4/c1-19-16-21(32(42)43)9-10-23(19)29-24-11-8-20(30(40)38-15-12-22(18-38)37(2)3)17-27(24)39(36-29)31(41)28-25(6-4-7-26(28)34)33(35)13-5-14-33/h4,6-7,19-23H,5,8-18H2,1-3H3,(H,42,43)/t19?,20?,21?,22-,23?/m1/s1. The van der Waals surface area contributed by atoms with Gasteiger partial charge in [-0.25, -0.2) is 9.07 Å². The highest BCUT2D eigenvalue weighted by atomic mass is 35.5. The number of benzene rings is 1. The molecule has 0 spiro atoms. The molecule has 3 fully saturated rings. The molecule has 4 unspecified atom stereocenters. The number of aromatic nitrogens is 2. The lowest BCUT2D eigenvalue weighted by atomic mass is 9.72. The second-order valence-corrected chi connectivity index (χ2v) is 14.0. The number of nitrogens with zero attached hydrogens (tertiary/aromatic N) is 4. The van der Waals surface area contributed by atoms with Crippen LogP contribution in [0, 0.1) is 17.8 Å². The lowest BCUT2D eigenvalue weighted by molar-refractivity contribution is -0.143. The molecule has 1 aromatic carbocycles. The van der Waals surface area contributed by atoms with Gasteiger partial charge < -0.3 is 14.9 Å². The number of likely N-dealkylation sites (N-methyl/N-ethyl adjacent to an activating group) is 1. The summed E-state index contributed by atoms with van der Waals surface area (Å²) >= 11 is 6.62. The number of halogens is 2. The van der Waals surface area contributed by atoms with Crippen LogP contribution in [-0.4, -0.2) is 75.7 Å². The van der Waals surface area contributed by atoms with Crippen LogP contribution < -0.4 is 0 Å². The molecule has 0 radical (unpaired) electrons. The first kappa shape index (κ1) is 30.3. The Morgan fingerprint density at radius 1 is 1.12 bits per heavy atom. The van der Waals surface area contributed by atoms with E-state index in [9.17, 15) is 19.5 Å². The van der Waals surface area contributed by atoms with Crippen LogP contribution >= 0.6 is 11.6 Å². The Balaban J connectivity index is 1.37.